The normalized spacial score (nSPS) is 14.3. The Hall–Kier alpha value is -3.68. The van der Waals surface area contributed by atoms with Gasteiger partial charge in [0.15, 0.2) is 0 Å². The van der Waals surface area contributed by atoms with Crippen LogP contribution in [0.3, 0.4) is 0 Å². The van der Waals surface area contributed by atoms with Crippen molar-refractivity contribution in [3.63, 3.8) is 0 Å². The molecule has 10 nitrogen and oxygen atoms in total. The van der Waals surface area contributed by atoms with Crippen molar-refractivity contribution in [3.05, 3.63) is 72.5 Å². The molecular formula is C28H32FN3O7S2. The fraction of sp³-hybridized carbons (Fsp3) is 0.321. The number of carbonyl (C=O) groups excluding carboxylic acids is 1. The summed E-state index contributed by atoms with van der Waals surface area (Å²) in [5.74, 6) is -0.691. The minimum absolute atomic E-state index is 0.0954. The number of methoxy groups -OCH3 is 1. The maximum absolute atomic E-state index is 13.6. The maximum atomic E-state index is 13.6. The predicted molar refractivity (Wildman–Crippen MR) is 153 cm³/mol. The van der Waals surface area contributed by atoms with Crippen molar-refractivity contribution in [3.8, 4) is 11.5 Å². The Labute approximate surface area is 239 Å². The summed E-state index contributed by atoms with van der Waals surface area (Å²) >= 11 is 0. The van der Waals surface area contributed by atoms with E-state index < -0.39 is 38.3 Å². The molecule has 4 rings (SSSR count). The van der Waals surface area contributed by atoms with Crippen molar-refractivity contribution in [1.29, 1.82) is 0 Å². The zero-order valence-corrected chi connectivity index (χ0v) is 24.4. The zero-order valence-electron chi connectivity index (χ0n) is 22.7. The number of hydrogen-bond donors (Lipinski definition) is 1. The first-order valence-electron chi connectivity index (χ1n) is 13.1. The van der Waals surface area contributed by atoms with E-state index in [4.69, 9.17) is 9.47 Å². The van der Waals surface area contributed by atoms with E-state index in [1.165, 1.54) is 41.7 Å². The molecule has 0 unspecified atom stereocenters. The lowest BCUT2D eigenvalue weighted by Gasteiger charge is -2.27. The fourth-order valence-electron chi connectivity index (χ4n) is 4.46. The van der Waals surface area contributed by atoms with Gasteiger partial charge in [-0.1, -0.05) is 6.42 Å². The van der Waals surface area contributed by atoms with E-state index in [0.29, 0.717) is 25.4 Å². The second-order valence-corrected chi connectivity index (χ2v) is 13.0. The van der Waals surface area contributed by atoms with E-state index in [1.807, 2.05) is 6.92 Å². The van der Waals surface area contributed by atoms with Crippen LogP contribution in [0.2, 0.25) is 0 Å². The first-order chi connectivity index (χ1) is 19.6. The molecule has 1 aliphatic heterocycles. The monoisotopic (exact) mass is 605 g/mol. The van der Waals surface area contributed by atoms with Crippen LogP contribution in [0.15, 0.2) is 76.5 Å². The van der Waals surface area contributed by atoms with Crippen LogP contribution < -0.4 is 19.1 Å². The number of rotatable bonds is 11. The Kier molecular flexibility index (Phi) is 9.51. The lowest BCUT2D eigenvalue weighted by molar-refractivity contribution is -0.114. The summed E-state index contributed by atoms with van der Waals surface area (Å²) in [5.41, 5.74) is 0.327. The van der Waals surface area contributed by atoms with E-state index in [-0.39, 0.29) is 26.9 Å². The molecule has 0 saturated carbocycles. The summed E-state index contributed by atoms with van der Waals surface area (Å²) in [6.07, 6.45) is 2.45. The number of carbonyl (C=O) groups is 1. The molecule has 1 N–H and O–H groups in total. The molecule has 3 aromatic carbocycles. The Morgan fingerprint density at radius 3 is 2.22 bits per heavy atom. The summed E-state index contributed by atoms with van der Waals surface area (Å²) in [5, 5.41) is 2.60. The number of nitrogens with one attached hydrogen (secondary N) is 1. The quantitative estimate of drug-likeness (QED) is 0.347. The maximum Gasteiger partial charge on any atom is 0.264 e. The highest BCUT2D eigenvalue weighted by Gasteiger charge is 2.30. The van der Waals surface area contributed by atoms with E-state index in [0.717, 1.165) is 47.8 Å². The van der Waals surface area contributed by atoms with Crippen LogP contribution in [-0.4, -0.2) is 60.4 Å². The van der Waals surface area contributed by atoms with E-state index >= 15 is 0 Å². The lowest BCUT2D eigenvalue weighted by atomic mass is 10.2. The summed E-state index contributed by atoms with van der Waals surface area (Å²) < 4.78 is 80.4. The number of benzene rings is 3. The van der Waals surface area contributed by atoms with Crippen LogP contribution in [0.4, 0.5) is 15.8 Å². The Balaban J connectivity index is 1.63. The molecule has 220 valence electrons. The van der Waals surface area contributed by atoms with Crippen LogP contribution in [0, 0.1) is 5.82 Å². The number of anilines is 2. The summed E-state index contributed by atoms with van der Waals surface area (Å²) in [6, 6.07) is 14.6. The van der Waals surface area contributed by atoms with E-state index in [2.05, 4.69) is 5.32 Å². The van der Waals surface area contributed by atoms with Crippen LogP contribution in [0.1, 0.15) is 26.2 Å². The first-order valence-corrected chi connectivity index (χ1v) is 15.9. The van der Waals surface area contributed by atoms with Crippen molar-refractivity contribution < 1.29 is 35.5 Å². The van der Waals surface area contributed by atoms with E-state index in [1.54, 1.807) is 12.1 Å². The molecular weight excluding hydrogens is 573 g/mol. The minimum Gasteiger partial charge on any atom is -0.495 e. The summed E-state index contributed by atoms with van der Waals surface area (Å²) in [6.45, 7) is 2.36. The van der Waals surface area contributed by atoms with Crippen LogP contribution in [-0.2, 0) is 24.8 Å². The number of amides is 1. The molecule has 41 heavy (non-hydrogen) atoms. The molecule has 0 aliphatic carbocycles. The Morgan fingerprint density at radius 2 is 1.61 bits per heavy atom. The largest absolute Gasteiger partial charge is 0.495 e. The van der Waals surface area contributed by atoms with Gasteiger partial charge in [-0.25, -0.2) is 21.2 Å². The highest BCUT2D eigenvalue weighted by molar-refractivity contribution is 7.92. The third-order valence-electron chi connectivity index (χ3n) is 6.50. The van der Waals surface area contributed by atoms with E-state index in [9.17, 15) is 26.0 Å². The van der Waals surface area contributed by atoms with Crippen LogP contribution in [0.5, 0.6) is 11.5 Å². The van der Waals surface area contributed by atoms with Gasteiger partial charge in [-0.15, -0.1) is 0 Å². The smallest absolute Gasteiger partial charge is 0.264 e. The molecule has 0 radical (unpaired) electrons. The van der Waals surface area contributed by atoms with Crippen molar-refractivity contribution in [2.24, 2.45) is 0 Å². The first kappa shape index (κ1) is 30.3. The number of nitrogens with zero attached hydrogens (tertiary/aromatic N) is 2. The average molecular weight is 606 g/mol. The molecule has 0 atom stereocenters. The van der Waals surface area contributed by atoms with Gasteiger partial charge in [0.1, 0.15) is 28.8 Å². The predicted octanol–water partition coefficient (Wildman–Crippen LogP) is 4.24. The fourth-order valence-corrected chi connectivity index (χ4v) is 7.58. The minimum atomic E-state index is -4.30. The number of halogens is 1. The van der Waals surface area contributed by atoms with Gasteiger partial charge in [-0.2, -0.15) is 4.31 Å². The molecule has 0 spiro atoms. The standard InChI is InChI=1S/C28H32FN3O7S2/c1-3-39-24-12-10-23(11-13-24)32(40(34,35)25-14-7-21(29)8-15-25)20-28(33)30-22-9-16-26(38-2)27(19-22)41(36,37)31-17-5-4-6-18-31/h7-16,19H,3-6,17-18,20H2,1-2H3,(H,30,33). The highest BCUT2D eigenvalue weighted by atomic mass is 32.2. The van der Waals surface area contributed by atoms with Gasteiger partial charge in [0.05, 0.1) is 24.3 Å². The zero-order chi connectivity index (χ0) is 29.6. The third kappa shape index (κ3) is 6.97. The average Bonchev–Trinajstić information content (AvgIpc) is 2.97. The molecule has 0 aromatic heterocycles. The molecule has 1 amide bonds. The van der Waals surface area contributed by atoms with Crippen LogP contribution in [0.25, 0.3) is 0 Å². The SMILES string of the molecule is CCOc1ccc(N(CC(=O)Nc2ccc(OC)c(S(=O)(=O)N3CCCCC3)c2)S(=O)(=O)c2ccc(F)cc2)cc1. The van der Waals surface area contributed by atoms with Gasteiger partial charge in [0.25, 0.3) is 10.0 Å². The van der Waals surface area contributed by atoms with Gasteiger partial charge in [-0.3, -0.25) is 9.10 Å². The number of hydrogen-bond acceptors (Lipinski definition) is 7. The topological polar surface area (TPSA) is 122 Å². The van der Waals surface area contributed by atoms with Gasteiger partial charge < -0.3 is 14.8 Å². The van der Waals surface area contributed by atoms with Crippen LogP contribution >= 0.6 is 0 Å². The second kappa shape index (κ2) is 12.9. The van der Waals surface area contributed by atoms with Gasteiger partial charge in [0, 0.05) is 18.8 Å². The number of sulfonamides is 2. The van der Waals surface area contributed by atoms with Crippen molar-refractivity contribution in [2.75, 3.05) is 43.0 Å². The lowest BCUT2D eigenvalue weighted by Crippen LogP contribution is -2.38. The molecule has 1 heterocycles. The van der Waals surface area contributed by atoms with Gasteiger partial charge >= 0.3 is 0 Å². The number of ether oxygens (including phenoxy) is 2. The highest BCUT2D eigenvalue weighted by Crippen LogP contribution is 2.32. The Morgan fingerprint density at radius 1 is 0.951 bits per heavy atom. The Bertz CT molecular complexity index is 1570. The number of piperidine rings is 1. The summed E-state index contributed by atoms with van der Waals surface area (Å²) in [4.78, 5) is 12.9. The molecule has 1 saturated heterocycles. The molecule has 1 fully saturated rings. The summed E-state index contributed by atoms with van der Waals surface area (Å²) in [7, 11) is -6.83. The second-order valence-electron chi connectivity index (χ2n) is 9.27. The van der Waals surface area contributed by atoms with Gasteiger partial charge in [-0.05, 0) is 86.5 Å². The molecule has 1 aliphatic rings. The van der Waals surface area contributed by atoms with Crippen molar-refractivity contribution >= 4 is 37.3 Å². The molecule has 0 bridgehead atoms. The van der Waals surface area contributed by atoms with Crippen molar-refractivity contribution in [2.45, 2.75) is 36.0 Å². The van der Waals surface area contributed by atoms with Crippen molar-refractivity contribution in [1.82, 2.24) is 4.31 Å². The molecule has 3 aromatic rings. The molecule has 13 heteroatoms. The third-order valence-corrected chi connectivity index (χ3v) is 10.2. The van der Waals surface area contributed by atoms with Gasteiger partial charge in [0.2, 0.25) is 15.9 Å².